The number of hydrogen-bond donors (Lipinski definition) is 0. The number of aryl methyl sites for hydroxylation is 1. The SMILES string of the molecule is CCc1nc(-c2ccccc2)ncc1C(C)=O. The van der Waals surface area contributed by atoms with Gasteiger partial charge in [-0.2, -0.15) is 0 Å². The van der Waals surface area contributed by atoms with E-state index in [0.29, 0.717) is 11.4 Å². The van der Waals surface area contributed by atoms with Gasteiger partial charge in [0.1, 0.15) is 0 Å². The zero-order valence-electron chi connectivity index (χ0n) is 9.97. The quantitative estimate of drug-likeness (QED) is 0.756. The first-order valence-corrected chi connectivity index (χ1v) is 5.64. The minimum absolute atomic E-state index is 0.0152. The second-order valence-electron chi connectivity index (χ2n) is 3.83. The van der Waals surface area contributed by atoms with Crippen molar-refractivity contribution in [2.45, 2.75) is 20.3 Å². The van der Waals surface area contributed by atoms with Crippen molar-refractivity contribution >= 4 is 5.78 Å². The van der Waals surface area contributed by atoms with Gasteiger partial charge in [-0.15, -0.1) is 0 Å². The van der Waals surface area contributed by atoms with E-state index in [9.17, 15) is 4.79 Å². The fraction of sp³-hybridized carbons (Fsp3) is 0.214. The molecule has 86 valence electrons. The highest BCUT2D eigenvalue weighted by atomic mass is 16.1. The van der Waals surface area contributed by atoms with Gasteiger partial charge in [-0.25, -0.2) is 9.97 Å². The molecule has 0 bridgehead atoms. The van der Waals surface area contributed by atoms with Crippen molar-refractivity contribution in [2.24, 2.45) is 0 Å². The largest absolute Gasteiger partial charge is 0.294 e. The van der Waals surface area contributed by atoms with Crippen LogP contribution >= 0.6 is 0 Å². The fourth-order valence-corrected chi connectivity index (χ4v) is 1.71. The van der Waals surface area contributed by atoms with E-state index in [1.807, 2.05) is 37.3 Å². The summed E-state index contributed by atoms with van der Waals surface area (Å²) < 4.78 is 0. The van der Waals surface area contributed by atoms with Gasteiger partial charge in [0.25, 0.3) is 0 Å². The third-order valence-electron chi connectivity index (χ3n) is 2.61. The van der Waals surface area contributed by atoms with Gasteiger partial charge in [0.2, 0.25) is 0 Å². The number of carbonyl (C=O) groups excluding carboxylic acids is 1. The zero-order chi connectivity index (χ0) is 12.3. The van der Waals surface area contributed by atoms with E-state index in [1.165, 1.54) is 0 Å². The van der Waals surface area contributed by atoms with Gasteiger partial charge < -0.3 is 0 Å². The number of aromatic nitrogens is 2. The van der Waals surface area contributed by atoms with E-state index >= 15 is 0 Å². The highest BCUT2D eigenvalue weighted by molar-refractivity contribution is 5.95. The molecule has 2 aromatic rings. The summed E-state index contributed by atoms with van der Waals surface area (Å²) in [7, 11) is 0. The topological polar surface area (TPSA) is 42.9 Å². The normalized spacial score (nSPS) is 10.2. The maximum absolute atomic E-state index is 11.4. The van der Waals surface area contributed by atoms with Crippen LogP contribution in [0, 0.1) is 0 Å². The summed E-state index contributed by atoms with van der Waals surface area (Å²) in [4.78, 5) is 20.1. The molecule has 0 amide bonds. The number of rotatable bonds is 3. The van der Waals surface area contributed by atoms with Gasteiger partial charge in [0.05, 0.1) is 11.3 Å². The smallest absolute Gasteiger partial charge is 0.163 e. The summed E-state index contributed by atoms with van der Waals surface area (Å²) in [6.07, 6.45) is 2.35. The highest BCUT2D eigenvalue weighted by Gasteiger charge is 2.10. The molecule has 0 radical (unpaired) electrons. The Hall–Kier alpha value is -2.03. The van der Waals surface area contributed by atoms with Gasteiger partial charge in [-0.1, -0.05) is 37.3 Å². The molecule has 0 aliphatic rings. The molecular weight excluding hydrogens is 212 g/mol. The summed E-state index contributed by atoms with van der Waals surface area (Å²) in [5.41, 5.74) is 2.40. The van der Waals surface area contributed by atoms with Crippen LogP contribution in [0.1, 0.15) is 29.9 Å². The van der Waals surface area contributed by atoms with Crippen LogP contribution in [0.25, 0.3) is 11.4 Å². The molecule has 0 fully saturated rings. The van der Waals surface area contributed by atoms with E-state index in [2.05, 4.69) is 9.97 Å². The van der Waals surface area contributed by atoms with Gasteiger partial charge >= 0.3 is 0 Å². The molecule has 17 heavy (non-hydrogen) atoms. The third kappa shape index (κ3) is 2.38. The van der Waals surface area contributed by atoms with E-state index < -0.39 is 0 Å². The number of Topliss-reactive ketones (excluding diaryl/α,β-unsaturated/α-hetero) is 1. The van der Waals surface area contributed by atoms with Crippen LogP contribution in [0.5, 0.6) is 0 Å². The molecule has 0 spiro atoms. The van der Waals surface area contributed by atoms with Crippen LogP contribution in [-0.4, -0.2) is 15.8 Å². The molecule has 1 aromatic heterocycles. The molecule has 0 unspecified atom stereocenters. The summed E-state index contributed by atoms with van der Waals surface area (Å²) in [6.45, 7) is 3.53. The first kappa shape index (κ1) is 11.5. The molecule has 2 rings (SSSR count). The molecule has 3 nitrogen and oxygen atoms in total. The lowest BCUT2D eigenvalue weighted by Gasteiger charge is -2.06. The van der Waals surface area contributed by atoms with Crippen LogP contribution in [-0.2, 0) is 6.42 Å². The average molecular weight is 226 g/mol. The minimum atomic E-state index is 0.0152. The Kier molecular flexibility index (Phi) is 3.28. The first-order valence-electron chi connectivity index (χ1n) is 5.64. The van der Waals surface area contributed by atoms with Crippen LogP contribution in [0.4, 0.5) is 0 Å². The Bertz CT molecular complexity index is 535. The van der Waals surface area contributed by atoms with Crippen molar-refractivity contribution < 1.29 is 4.79 Å². The standard InChI is InChI=1S/C14H14N2O/c1-3-13-12(10(2)17)9-15-14(16-13)11-7-5-4-6-8-11/h4-9H,3H2,1-2H3. The predicted molar refractivity (Wildman–Crippen MR) is 66.9 cm³/mol. The molecule has 3 heteroatoms. The van der Waals surface area contributed by atoms with Crippen molar-refractivity contribution in [1.29, 1.82) is 0 Å². The molecule has 1 aromatic carbocycles. The van der Waals surface area contributed by atoms with Gasteiger partial charge in [0.15, 0.2) is 11.6 Å². The lowest BCUT2D eigenvalue weighted by molar-refractivity contribution is 0.101. The number of hydrogen-bond acceptors (Lipinski definition) is 3. The van der Waals surface area contributed by atoms with Crippen molar-refractivity contribution in [3.05, 3.63) is 47.8 Å². The van der Waals surface area contributed by atoms with E-state index in [0.717, 1.165) is 17.7 Å². The van der Waals surface area contributed by atoms with Crippen LogP contribution < -0.4 is 0 Å². The Balaban J connectivity index is 2.49. The van der Waals surface area contributed by atoms with Gasteiger partial charge in [0, 0.05) is 11.8 Å². The van der Waals surface area contributed by atoms with Crippen LogP contribution in [0.15, 0.2) is 36.5 Å². The Labute approximate surface area is 101 Å². The molecule has 0 saturated heterocycles. The van der Waals surface area contributed by atoms with E-state index in [-0.39, 0.29) is 5.78 Å². The van der Waals surface area contributed by atoms with E-state index in [4.69, 9.17) is 0 Å². The average Bonchev–Trinajstić information content (AvgIpc) is 2.39. The molecule has 0 aliphatic carbocycles. The Morgan fingerprint density at radius 3 is 2.53 bits per heavy atom. The van der Waals surface area contributed by atoms with Crippen molar-refractivity contribution in [2.75, 3.05) is 0 Å². The maximum Gasteiger partial charge on any atom is 0.163 e. The zero-order valence-corrected chi connectivity index (χ0v) is 9.97. The highest BCUT2D eigenvalue weighted by Crippen LogP contribution is 2.16. The summed E-state index contributed by atoms with van der Waals surface area (Å²) >= 11 is 0. The Morgan fingerprint density at radius 2 is 1.94 bits per heavy atom. The van der Waals surface area contributed by atoms with Crippen LogP contribution in [0.2, 0.25) is 0 Å². The molecule has 0 N–H and O–H groups in total. The summed E-state index contributed by atoms with van der Waals surface area (Å²) in [6, 6.07) is 9.77. The van der Waals surface area contributed by atoms with Gasteiger partial charge in [-0.05, 0) is 13.3 Å². The predicted octanol–water partition coefficient (Wildman–Crippen LogP) is 2.91. The van der Waals surface area contributed by atoms with Crippen molar-refractivity contribution in [1.82, 2.24) is 9.97 Å². The summed E-state index contributed by atoms with van der Waals surface area (Å²) in [5.74, 6) is 0.689. The first-order chi connectivity index (χ1) is 8.22. The monoisotopic (exact) mass is 226 g/mol. The number of nitrogens with zero attached hydrogens (tertiary/aromatic N) is 2. The molecule has 0 saturated carbocycles. The fourth-order valence-electron chi connectivity index (χ4n) is 1.71. The number of ketones is 1. The second kappa shape index (κ2) is 4.87. The molecule has 1 heterocycles. The minimum Gasteiger partial charge on any atom is -0.294 e. The van der Waals surface area contributed by atoms with Crippen molar-refractivity contribution in [3.63, 3.8) is 0 Å². The number of benzene rings is 1. The molecule has 0 aliphatic heterocycles. The van der Waals surface area contributed by atoms with Crippen LogP contribution in [0.3, 0.4) is 0 Å². The lowest BCUT2D eigenvalue weighted by Crippen LogP contribution is -2.04. The third-order valence-corrected chi connectivity index (χ3v) is 2.61. The maximum atomic E-state index is 11.4. The second-order valence-corrected chi connectivity index (χ2v) is 3.83. The Morgan fingerprint density at radius 1 is 1.24 bits per heavy atom. The van der Waals surface area contributed by atoms with Crippen molar-refractivity contribution in [3.8, 4) is 11.4 Å². The number of carbonyl (C=O) groups is 1. The van der Waals surface area contributed by atoms with Gasteiger partial charge in [-0.3, -0.25) is 4.79 Å². The molecular formula is C14H14N2O. The summed E-state index contributed by atoms with van der Waals surface area (Å²) in [5, 5.41) is 0. The molecule has 0 atom stereocenters. The van der Waals surface area contributed by atoms with E-state index in [1.54, 1.807) is 13.1 Å². The lowest BCUT2D eigenvalue weighted by atomic mass is 10.1.